The molecule has 9 heteroatoms. The largest absolute Gasteiger partial charge is 0.318 e. The van der Waals surface area contributed by atoms with Crippen LogP contribution in [0.5, 0.6) is 0 Å². The van der Waals surface area contributed by atoms with Crippen LogP contribution in [0.1, 0.15) is 29.5 Å². The van der Waals surface area contributed by atoms with E-state index in [0.29, 0.717) is 12.6 Å². The lowest BCUT2D eigenvalue weighted by molar-refractivity contribution is 0.103. The van der Waals surface area contributed by atoms with Crippen molar-refractivity contribution in [1.29, 1.82) is 0 Å². The number of likely N-dealkylation sites (tertiary alicyclic amines) is 1. The summed E-state index contributed by atoms with van der Waals surface area (Å²) in [5, 5.41) is 0.858. The van der Waals surface area contributed by atoms with Gasteiger partial charge in [0.1, 0.15) is 4.90 Å². The first-order chi connectivity index (χ1) is 13.9. The average Bonchev–Trinajstić information content (AvgIpc) is 3.12. The van der Waals surface area contributed by atoms with Crippen molar-refractivity contribution in [3.63, 3.8) is 0 Å². The highest BCUT2D eigenvalue weighted by Crippen LogP contribution is 2.34. The molecule has 154 valence electrons. The summed E-state index contributed by atoms with van der Waals surface area (Å²) in [6, 6.07) is 11.5. The van der Waals surface area contributed by atoms with E-state index in [0.717, 1.165) is 60.7 Å². The third kappa shape index (κ3) is 4.34. The third-order valence-corrected chi connectivity index (χ3v) is 7.69. The lowest BCUT2D eigenvalue weighted by Gasteiger charge is -2.36. The molecule has 0 amide bonds. The average molecular weight is 454 g/mol. The molecule has 6 nitrogen and oxygen atoms in total. The van der Waals surface area contributed by atoms with Crippen LogP contribution in [0, 0.1) is 4.91 Å². The molecule has 2 aromatic rings. The molecule has 1 fully saturated rings. The highest BCUT2D eigenvalue weighted by molar-refractivity contribution is 7.90. The molecular weight excluding hydrogens is 433 g/mol. The number of benzene rings is 2. The summed E-state index contributed by atoms with van der Waals surface area (Å²) in [6.45, 7) is 4.21. The van der Waals surface area contributed by atoms with E-state index in [1.165, 1.54) is 6.07 Å². The maximum atomic E-state index is 11.8. The molecule has 0 radical (unpaired) electrons. The first-order valence-corrected chi connectivity index (χ1v) is 11.7. The van der Waals surface area contributed by atoms with Gasteiger partial charge >= 0.3 is 10.0 Å². The fourth-order valence-corrected chi connectivity index (χ4v) is 5.58. The number of hydrogen-bond acceptors (Lipinski definition) is 5. The molecule has 1 saturated heterocycles. The number of fused-ring (bicyclic) bond motifs is 1. The summed E-state index contributed by atoms with van der Waals surface area (Å²) < 4.78 is 25.9. The summed E-state index contributed by atoms with van der Waals surface area (Å²) in [4.78, 5) is 15.2. The second-order valence-electron chi connectivity index (χ2n) is 7.60. The van der Waals surface area contributed by atoms with Crippen LogP contribution in [0.2, 0.25) is 10.0 Å². The Hall–Kier alpha value is -1.51. The second kappa shape index (κ2) is 8.32. The zero-order valence-electron chi connectivity index (χ0n) is 15.7. The van der Waals surface area contributed by atoms with Gasteiger partial charge in [0.25, 0.3) is 0 Å². The smallest absolute Gasteiger partial charge is 0.299 e. The fourth-order valence-electron chi connectivity index (χ4n) is 4.23. The predicted octanol–water partition coefficient (Wildman–Crippen LogP) is 4.43. The van der Waals surface area contributed by atoms with Gasteiger partial charge in [-0.25, -0.2) is 0 Å². The maximum absolute atomic E-state index is 11.8. The molecule has 0 aliphatic carbocycles. The quantitative estimate of drug-likeness (QED) is 0.626. The van der Waals surface area contributed by atoms with Crippen molar-refractivity contribution in [2.24, 2.45) is 4.58 Å². The molecule has 2 aromatic carbocycles. The van der Waals surface area contributed by atoms with Gasteiger partial charge in [0.05, 0.1) is 9.60 Å². The second-order valence-corrected chi connectivity index (χ2v) is 9.96. The van der Waals surface area contributed by atoms with Gasteiger partial charge in [-0.15, -0.1) is 4.91 Å². The SMILES string of the molecule is O=NS(=O)(=O)c1cc2c(cc1Cl)CN(C1CCN(Cc3ccccc3Cl)CC1)C2. The van der Waals surface area contributed by atoms with Gasteiger partial charge in [-0.3, -0.25) is 9.80 Å². The third-order valence-electron chi connectivity index (χ3n) is 5.80. The van der Waals surface area contributed by atoms with Gasteiger partial charge in [0.2, 0.25) is 0 Å². The van der Waals surface area contributed by atoms with E-state index in [1.54, 1.807) is 6.07 Å². The van der Waals surface area contributed by atoms with Crippen molar-refractivity contribution in [2.45, 2.75) is 43.4 Å². The molecule has 0 spiro atoms. The van der Waals surface area contributed by atoms with Crippen LogP contribution in [0.3, 0.4) is 0 Å². The Kier molecular flexibility index (Phi) is 5.95. The first-order valence-electron chi connectivity index (χ1n) is 9.48. The Morgan fingerprint density at radius 3 is 2.31 bits per heavy atom. The number of hydrogen-bond donors (Lipinski definition) is 0. The molecular formula is C20H21Cl2N3O3S. The minimum Gasteiger partial charge on any atom is -0.299 e. The molecule has 0 N–H and O–H groups in total. The Morgan fingerprint density at radius 2 is 1.66 bits per heavy atom. The van der Waals surface area contributed by atoms with Gasteiger partial charge in [-0.05, 0) is 60.8 Å². The van der Waals surface area contributed by atoms with Crippen LogP contribution >= 0.6 is 23.2 Å². The van der Waals surface area contributed by atoms with E-state index < -0.39 is 10.0 Å². The Morgan fingerprint density at radius 1 is 1.00 bits per heavy atom. The number of nitroso groups, excluding NO2 is 1. The lowest BCUT2D eigenvalue weighted by atomic mass is 10.0. The van der Waals surface area contributed by atoms with E-state index >= 15 is 0 Å². The first kappa shape index (κ1) is 20.8. The normalized spacial score (nSPS) is 18.7. The van der Waals surface area contributed by atoms with E-state index in [-0.39, 0.29) is 9.92 Å². The van der Waals surface area contributed by atoms with Crippen molar-refractivity contribution in [2.75, 3.05) is 13.1 Å². The zero-order chi connectivity index (χ0) is 20.6. The number of piperidine rings is 1. The minimum absolute atomic E-state index is 0.0553. The molecule has 0 bridgehead atoms. The highest BCUT2D eigenvalue weighted by atomic mass is 35.5. The fraction of sp³-hybridized carbons (Fsp3) is 0.400. The summed E-state index contributed by atoms with van der Waals surface area (Å²) in [5.41, 5.74) is 3.06. The van der Waals surface area contributed by atoms with Crippen LogP contribution in [0.15, 0.2) is 45.9 Å². The van der Waals surface area contributed by atoms with Gasteiger partial charge in [0, 0.05) is 30.7 Å². The highest BCUT2D eigenvalue weighted by Gasteiger charge is 2.31. The van der Waals surface area contributed by atoms with Crippen molar-refractivity contribution in [3.05, 3.63) is 68.0 Å². The Labute approximate surface area is 180 Å². The Bertz CT molecular complexity index is 1040. The molecule has 0 atom stereocenters. The number of rotatable bonds is 5. The van der Waals surface area contributed by atoms with Crippen LogP contribution in [0.25, 0.3) is 0 Å². The van der Waals surface area contributed by atoms with E-state index in [9.17, 15) is 13.3 Å². The van der Waals surface area contributed by atoms with Gasteiger partial charge < -0.3 is 0 Å². The summed E-state index contributed by atoms with van der Waals surface area (Å²) >= 11 is 12.4. The monoisotopic (exact) mass is 453 g/mol. The molecule has 4 rings (SSSR count). The van der Waals surface area contributed by atoms with Crippen LogP contribution < -0.4 is 0 Å². The lowest BCUT2D eigenvalue weighted by Crippen LogP contribution is -2.42. The van der Waals surface area contributed by atoms with Crippen molar-refractivity contribution in [1.82, 2.24) is 9.80 Å². The number of nitrogens with zero attached hydrogens (tertiary/aromatic N) is 3. The van der Waals surface area contributed by atoms with E-state index in [4.69, 9.17) is 23.2 Å². The van der Waals surface area contributed by atoms with Crippen molar-refractivity contribution >= 4 is 33.2 Å². The molecule has 0 unspecified atom stereocenters. The van der Waals surface area contributed by atoms with Crippen LogP contribution in [-0.2, 0) is 29.7 Å². The zero-order valence-corrected chi connectivity index (χ0v) is 18.1. The summed E-state index contributed by atoms with van der Waals surface area (Å²) in [5.74, 6) is 0. The standard InChI is InChI=1S/C20H21Cl2N3O3S/c21-18-4-2-1-3-14(18)11-24-7-5-17(6-8-24)25-12-15-9-19(22)20(10-16(15)13-25)29(27,28)23-26/h1-4,9-10,17H,5-8,11-13H2. The van der Waals surface area contributed by atoms with Gasteiger partial charge in [0.15, 0.2) is 0 Å². The molecule has 29 heavy (non-hydrogen) atoms. The van der Waals surface area contributed by atoms with Gasteiger partial charge in [-0.1, -0.05) is 41.4 Å². The molecule has 2 heterocycles. The molecule has 2 aliphatic rings. The van der Waals surface area contributed by atoms with Gasteiger partial charge in [-0.2, -0.15) is 8.42 Å². The van der Waals surface area contributed by atoms with Crippen molar-refractivity contribution < 1.29 is 8.42 Å². The minimum atomic E-state index is -4.23. The summed E-state index contributed by atoms with van der Waals surface area (Å²) in [7, 11) is -4.23. The molecule has 0 aromatic heterocycles. The van der Waals surface area contributed by atoms with E-state index in [2.05, 4.69) is 20.4 Å². The number of sulfonamides is 1. The predicted molar refractivity (Wildman–Crippen MR) is 113 cm³/mol. The molecule has 0 saturated carbocycles. The summed E-state index contributed by atoms with van der Waals surface area (Å²) in [6.07, 6.45) is 2.07. The van der Waals surface area contributed by atoms with Crippen LogP contribution in [-0.4, -0.2) is 37.3 Å². The van der Waals surface area contributed by atoms with Crippen LogP contribution in [0.4, 0.5) is 0 Å². The Balaban J connectivity index is 1.40. The topological polar surface area (TPSA) is 70.0 Å². The number of halogens is 2. The van der Waals surface area contributed by atoms with E-state index in [1.807, 2.05) is 18.2 Å². The molecule has 2 aliphatic heterocycles. The van der Waals surface area contributed by atoms with Crippen molar-refractivity contribution in [3.8, 4) is 0 Å². The maximum Gasteiger partial charge on any atom is 0.318 e.